The molecule has 1 aromatic heterocycles. The second-order valence-corrected chi connectivity index (χ2v) is 6.90. The minimum absolute atomic E-state index is 0.332. The predicted molar refractivity (Wildman–Crippen MR) is 96.2 cm³/mol. The number of nitrogens with zero attached hydrogens (tertiary/aromatic N) is 1. The van der Waals surface area contributed by atoms with Gasteiger partial charge < -0.3 is 14.9 Å². The molecule has 1 amide bonds. The molecule has 3 rings (SSSR count). The smallest absolute Gasteiger partial charge is 0.341 e. The first-order chi connectivity index (χ1) is 12.0. The van der Waals surface area contributed by atoms with Crippen molar-refractivity contribution in [2.24, 2.45) is 5.16 Å². The third-order valence-electron chi connectivity index (χ3n) is 4.08. The van der Waals surface area contributed by atoms with Gasteiger partial charge in [-0.1, -0.05) is 35.5 Å². The third kappa shape index (κ3) is 3.41. The molecule has 2 aromatic rings. The molecule has 2 heterocycles. The van der Waals surface area contributed by atoms with E-state index in [1.54, 1.807) is 0 Å². The van der Waals surface area contributed by atoms with E-state index < -0.39 is 12.1 Å². The molecule has 0 spiro atoms. The Bertz CT molecular complexity index is 842. The Morgan fingerprint density at radius 3 is 2.68 bits per heavy atom. The van der Waals surface area contributed by atoms with Gasteiger partial charge in [0.2, 0.25) is 6.10 Å². The van der Waals surface area contributed by atoms with Crippen molar-refractivity contribution in [2.45, 2.75) is 26.4 Å². The summed E-state index contributed by atoms with van der Waals surface area (Å²) in [6.07, 6.45) is -0.337. The molecular formula is C18H18N2O4S. The Morgan fingerprint density at radius 1 is 1.28 bits per heavy atom. The predicted octanol–water partition coefficient (Wildman–Crippen LogP) is 3.28. The lowest BCUT2D eigenvalue weighted by Crippen LogP contribution is -2.28. The molecule has 25 heavy (non-hydrogen) atoms. The minimum Gasteiger partial charge on any atom is -0.465 e. The van der Waals surface area contributed by atoms with Gasteiger partial charge in [0.05, 0.1) is 18.4 Å². The summed E-state index contributed by atoms with van der Waals surface area (Å²) in [6.45, 7) is 3.72. The average molecular weight is 358 g/mol. The molecule has 0 bridgehead atoms. The molecule has 1 aromatic carbocycles. The fourth-order valence-electron chi connectivity index (χ4n) is 2.57. The molecule has 0 saturated carbocycles. The molecule has 130 valence electrons. The van der Waals surface area contributed by atoms with Crippen LogP contribution in [0.4, 0.5) is 5.00 Å². The van der Waals surface area contributed by atoms with E-state index in [9.17, 15) is 9.59 Å². The molecule has 0 fully saturated rings. The Hall–Kier alpha value is -2.67. The van der Waals surface area contributed by atoms with Gasteiger partial charge in [0.1, 0.15) is 5.00 Å². The fraction of sp³-hybridized carbons (Fsp3) is 0.278. The van der Waals surface area contributed by atoms with Gasteiger partial charge in [-0.2, -0.15) is 0 Å². The lowest BCUT2D eigenvalue weighted by molar-refractivity contribution is -0.125. The van der Waals surface area contributed by atoms with Crippen LogP contribution in [0, 0.1) is 13.8 Å². The lowest BCUT2D eigenvalue weighted by Gasteiger charge is -2.09. The van der Waals surface area contributed by atoms with E-state index in [-0.39, 0.29) is 5.91 Å². The van der Waals surface area contributed by atoms with Crippen molar-refractivity contribution in [3.8, 4) is 0 Å². The van der Waals surface area contributed by atoms with Gasteiger partial charge in [-0.15, -0.1) is 11.3 Å². The van der Waals surface area contributed by atoms with Crippen molar-refractivity contribution in [1.82, 2.24) is 0 Å². The van der Waals surface area contributed by atoms with Crippen LogP contribution < -0.4 is 5.32 Å². The Morgan fingerprint density at radius 2 is 2.00 bits per heavy atom. The molecule has 6 nitrogen and oxygen atoms in total. The number of hydrogen-bond donors (Lipinski definition) is 1. The van der Waals surface area contributed by atoms with E-state index in [2.05, 4.69) is 10.5 Å². The molecular weight excluding hydrogens is 340 g/mol. The number of carbonyl (C=O) groups is 2. The minimum atomic E-state index is -0.719. The quantitative estimate of drug-likeness (QED) is 0.851. The highest BCUT2D eigenvalue weighted by Crippen LogP contribution is 2.33. The molecule has 7 heteroatoms. The van der Waals surface area contributed by atoms with E-state index in [1.165, 1.54) is 18.4 Å². The largest absolute Gasteiger partial charge is 0.465 e. The first kappa shape index (κ1) is 17.2. The van der Waals surface area contributed by atoms with Gasteiger partial charge >= 0.3 is 5.97 Å². The van der Waals surface area contributed by atoms with Crippen molar-refractivity contribution in [3.05, 3.63) is 51.9 Å². The molecule has 1 N–H and O–H groups in total. The fourth-order valence-corrected chi connectivity index (χ4v) is 3.63. The molecule has 1 atom stereocenters. The number of nitrogens with one attached hydrogen (secondary N) is 1. The number of carbonyl (C=O) groups excluding carboxylic acids is 2. The summed E-state index contributed by atoms with van der Waals surface area (Å²) in [6, 6.07) is 9.57. The lowest BCUT2D eigenvalue weighted by atomic mass is 10.0. The van der Waals surface area contributed by atoms with Crippen molar-refractivity contribution in [3.63, 3.8) is 0 Å². The number of aryl methyl sites for hydroxylation is 1. The summed E-state index contributed by atoms with van der Waals surface area (Å²) >= 11 is 1.34. The summed E-state index contributed by atoms with van der Waals surface area (Å²) in [5.74, 6) is -0.799. The van der Waals surface area contributed by atoms with Crippen LogP contribution in [0.15, 0.2) is 35.5 Å². The molecule has 1 unspecified atom stereocenters. The number of amides is 1. The molecule has 1 aliphatic rings. The molecule has 0 aliphatic carbocycles. The molecule has 0 radical (unpaired) electrons. The number of methoxy groups -OCH3 is 1. The maximum absolute atomic E-state index is 12.5. The number of rotatable bonds is 4. The van der Waals surface area contributed by atoms with Gasteiger partial charge in [-0.3, -0.25) is 4.79 Å². The van der Waals surface area contributed by atoms with E-state index >= 15 is 0 Å². The van der Waals surface area contributed by atoms with Crippen LogP contribution in [0.5, 0.6) is 0 Å². The summed E-state index contributed by atoms with van der Waals surface area (Å²) < 4.78 is 4.82. The maximum Gasteiger partial charge on any atom is 0.341 e. The number of oxime groups is 1. The van der Waals surface area contributed by atoms with E-state index in [4.69, 9.17) is 9.57 Å². The van der Waals surface area contributed by atoms with Crippen molar-refractivity contribution < 1.29 is 19.2 Å². The highest BCUT2D eigenvalue weighted by molar-refractivity contribution is 7.16. The van der Waals surface area contributed by atoms with Crippen LogP contribution in [0.1, 0.15) is 32.8 Å². The Kier molecular flexibility index (Phi) is 4.85. The number of ether oxygens (including phenoxy) is 1. The first-order valence-electron chi connectivity index (χ1n) is 7.78. The van der Waals surface area contributed by atoms with Crippen molar-refractivity contribution in [2.75, 3.05) is 12.4 Å². The SMILES string of the molecule is COC(=O)c1c(NC(=O)C2CC(c3ccccc3)=NO2)sc(C)c1C. The van der Waals surface area contributed by atoms with Crippen LogP contribution in [0.2, 0.25) is 0 Å². The van der Waals surface area contributed by atoms with Gasteiger partial charge in [0.15, 0.2) is 0 Å². The second kappa shape index (κ2) is 7.06. The van der Waals surface area contributed by atoms with Crippen LogP contribution in [-0.2, 0) is 14.4 Å². The number of benzene rings is 1. The summed E-state index contributed by atoms with van der Waals surface area (Å²) in [5.41, 5.74) is 2.85. The highest BCUT2D eigenvalue weighted by Gasteiger charge is 2.31. The van der Waals surface area contributed by atoms with Crippen molar-refractivity contribution >= 4 is 33.9 Å². The number of anilines is 1. The zero-order valence-electron chi connectivity index (χ0n) is 14.2. The second-order valence-electron chi connectivity index (χ2n) is 5.67. The first-order valence-corrected chi connectivity index (χ1v) is 8.60. The van der Waals surface area contributed by atoms with Crippen LogP contribution in [-0.4, -0.2) is 30.8 Å². The molecule has 1 aliphatic heterocycles. The Labute approximate surface area is 149 Å². The van der Waals surface area contributed by atoms with Crippen LogP contribution in [0.3, 0.4) is 0 Å². The zero-order valence-corrected chi connectivity index (χ0v) is 15.0. The average Bonchev–Trinajstić information content (AvgIpc) is 3.21. The number of hydrogen-bond acceptors (Lipinski definition) is 6. The van der Waals surface area contributed by atoms with Crippen LogP contribution >= 0.6 is 11.3 Å². The summed E-state index contributed by atoms with van der Waals surface area (Å²) in [4.78, 5) is 30.7. The van der Waals surface area contributed by atoms with Crippen molar-refractivity contribution in [1.29, 1.82) is 0 Å². The van der Waals surface area contributed by atoms with Gasteiger partial charge in [-0.25, -0.2) is 4.79 Å². The third-order valence-corrected chi connectivity index (χ3v) is 5.20. The normalized spacial score (nSPS) is 16.1. The Balaban J connectivity index is 1.72. The topological polar surface area (TPSA) is 77.0 Å². The molecule has 0 saturated heterocycles. The van der Waals surface area contributed by atoms with E-state index in [1.807, 2.05) is 44.2 Å². The van der Waals surface area contributed by atoms with Crippen LogP contribution in [0.25, 0.3) is 0 Å². The monoisotopic (exact) mass is 358 g/mol. The number of thiophene rings is 1. The summed E-state index contributed by atoms with van der Waals surface area (Å²) in [7, 11) is 1.32. The zero-order chi connectivity index (χ0) is 18.0. The van der Waals surface area contributed by atoms with Gasteiger partial charge in [0.25, 0.3) is 5.91 Å². The highest BCUT2D eigenvalue weighted by atomic mass is 32.1. The number of esters is 1. The summed E-state index contributed by atoms with van der Waals surface area (Å²) in [5, 5.41) is 7.27. The van der Waals surface area contributed by atoms with Gasteiger partial charge in [-0.05, 0) is 25.0 Å². The van der Waals surface area contributed by atoms with Gasteiger partial charge in [0, 0.05) is 11.3 Å². The van der Waals surface area contributed by atoms with E-state index in [0.717, 1.165) is 21.7 Å². The maximum atomic E-state index is 12.5. The standard InChI is InChI=1S/C18H18N2O4S/c1-10-11(2)25-17(15(10)18(22)23-3)19-16(21)14-9-13(20-24-14)12-7-5-4-6-8-12/h4-8,14H,9H2,1-3H3,(H,19,21). The van der Waals surface area contributed by atoms with E-state index in [0.29, 0.717) is 17.0 Å².